The molecule has 34 heavy (non-hydrogen) atoms. The van der Waals surface area contributed by atoms with Gasteiger partial charge in [-0.05, 0) is 23.8 Å². The highest BCUT2D eigenvalue weighted by Crippen LogP contribution is 2.43. The van der Waals surface area contributed by atoms with E-state index in [9.17, 15) is 14.7 Å². The second kappa shape index (κ2) is 8.83. The molecule has 1 aliphatic rings. The molecule has 4 rings (SSSR count). The zero-order valence-corrected chi connectivity index (χ0v) is 19.7. The Hall–Kier alpha value is -3.85. The van der Waals surface area contributed by atoms with Crippen LogP contribution in [0.2, 0.25) is 5.02 Å². The Bertz CT molecular complexity index is 1280. The molecule has 178 valence electrons. The molecule has 1 aliphatic heterocycles. The molecule has 0 unspecified atom stereocenters. The maximum absolute atomic E-state index is 12.7. The molecule has 9 nitrogen and oxygen atoms in total. The van der Waals surface area contributed by atoms with E-state index in [-0.39, 0.29) is 39.8 Å². The summed E-state index contributed by atoms with van der Waals surface area (Å²) in [6.07, 6.45) is 0.327. The molecule has 1 aromatic heterocycles. The number of hydrogen-bond acceptors (Lipinski definition) is 7. The molecule has 0 atom stereocenters. The van der Waals surface area contributed by atoms with E-state index in [1.54, 1.807) is 12.1 Å². The largest absolute Gasteiger partial charge is 0.505 e. The SMILES string of the molecule is COc1cc(O)c(NC(=O)c2ccc(Oc3cc4c(cc3Cl)NC(=O)CC4(C)C)o2)c(OC)c1. The highest BCUT2D eigenvalue weighted by atomic mass is 35.5. The van der Waals surface area contributed by atoms with Crippen molar-refractivity contribution in [3.8, 4) is 28.9 Å². The summed E-state index contributed by atoms with van der Waals surface area (Å²) in [4.78, 5) is 24.7. The van der Waals surface area contributed by atoms with Gasteiger partial charge in [-0.1, -0.05) is 25.4 Å². The molecular formula is C24H23ClN2O7. The number of fused-ring (bicyclic) bond motifs is 1. The number of carbonyl (C=O) groups is 2. The lowest BCUT2D eigenvalue weighted by Gasteiger charge is -2.32. The van der Waals surface area contributed by atoms with Gasteiger partial charge < -0.3 is 34.4 Å². The summed E-state index contributed by atoms with van der Waals surface area (Å²) in [7, 11) is 2.85. The predicted octanol–water partition coefficient (Wildman–Crippen LogP) is 5.32. The lowest BCUT2D eigenvalue weighted by Crippen LogP contribution is -2.32. The minimum Gasteiger partial charge on any atom is -0.505 e. The quantitative estimate of drug-likeness (QED) is 0.403. The lowest BCUT2D eigenvalue weighted by atomic mass is 9.78. The van der Waals surface area contributed by atoms with Crippen molar-refractivity contribution in [2.24, 2.45) is 0 Å². The minimum absolute atomic E-state index is 0.0376. The number of methoxy groups -OCH3 is 2. The van der Waals surface area contributed by atoms with Gasteiger partial charge in [-0.25, -0.2) is 0 Å². The van der Waals surface area contributed by atoms with Crippen LogP contribution < -0.4 is 24.8 Å². The van der Waals surface area contributed by atoms with Gasteiger partial charge in [0.25, 0.3) is 11.9 Å². The smallest absolute Gasteiger partial charge is 0.291 e. The number of carbonyl (C=O) groups excluding carboxylic acids is 2. The number of nitrogens with one attached hydrogen (secondary N) is 2. The molecule has 0 saturated carbocycles. The fourth-order valence-electron chi connectivity index (χ4n) is 3.75. The summed E-state index contributed by atoms with van der Waals surface area (Å²) in [5.41, 5.74) is 1.16. The third kappa shape index (κ3) is 4.47. The van der Waals surface area contributed by atoms with E-state index < -0.39 is 11.3 Å². The normalized spacial score (nSPS) is 14.1. The van der Waals surface area contributed by atoms with Gasteiger partial charge >= 0.3 is 0 Å². The fourth-order valence-corrected chi connectivity index (χ4v) is 3.95. The van der Waals surface area contributed by atoms with Crippen LogP contribution in [0.3, 0.4) is 0 Å². The number of amides is 2. The zero-order chi connectivity index (χ0) is 24.6. The van der Waals surface area contributed by atoms with Gasteiger partial charge in [-0.15, -0.1) is 0 Å². The van der Waals surface area contributed by atoms with Crippen LogP contribution in [0.15, 0.2) is 40.8 Å². The maximum Gasteiger partial charge on any atom is 0.291 e. The molecule has 3 N–H and O–H groups in total. The van der Waals surface area contributed by atoms with Gasteiger partial charge in [0.15, 0.2) is 5.76 Å². The van der Waals surface area contributed by atoms with Crippen LogP contribution in [0.5, 0.6) is 28.9 Å². The van der Waals surface area contributed by atoms with Crippen molar-refractivity contribution >= 4 is 34.8 Å². The summed E-state index contributed by atoms with van der Waals surface area (Å²) in [5.74, 6) is -0.0695. The Kier molecular flexibility index (Phi) is 6.05. The summed E-state index contributed by atoms with van der Waals surface area (Å²) in [6, 6.07) is 9.14. The molecule has 2 aromatic carbocycles. The molecule has 2 amide bonds. The maximum atomic E-state index is 12.7. The number of furan rings is 1. The molecule has 0 radical (unpaired) electrons. The van der Waals surface area contributed by atoms with E-state index in [0.29, 0.717) is 23.6 Å². The molecule has 2 heterocycles. The van der Waals surface area contributed by atoms with Gasteiger partial charge in [-0.2, -0.15) is 0 Å². The fraction of sp³-hybridized carbons (Fsp3) is 0.250. The van der Waals surface area contributed by atoms with Crippen LogP contribution in [0.1, 0.15) is 36.4 Å². The van der Waals surface area contributed by atoms with E-state index in [0.717, 1.165) is 5.56 Å². The number of rotatable bonds is 6. The van der Waals surface area contributed by atoms with E-state index in [1.807, 2.05) is 13.8 Å². The Morgan fingerprint density at radius 3 is 2.62 bits per heavy atom. The highest BCUT2D eigenvalue weighted by molar-refractivity contribution is 6.32. The number of anilines is 2. The molecule has 3 aromatic rings. The minimum atomic E-state index is -0.631. The number of phenolic OH excluding ortho intramolecular Hbond substituents is 1. The molecular weight excluding hydrogens is 464 g/mol. The van der Waals surface area contributed by atoms with Crippen molar-refractivity contribution in [3.05, 3.63) is 52.7 Å². The van der Waals surface area contributed by atoms with Crippen molar-refractivity contribution < 1.29 is 33.3 Å². The Morgan fingerprint density at radius 2 is 1.91 bits per heavy atom. The van der Waals surface area contributed by atoms with Gasteiger partial charge in [-0.3, -0.25) is 9.59 Å². The van der Waals surface area contributed by atoms with Crippen molar-refractivity contribution in [1.82, 2.24) is 0 Å². The van der Waals surface area contributed by atoms with E-state index in [1.165, 1.54) is 38.5 Å². The summed E-state index contributed by atoms with van der Waals surface area (Å²) in [5, 5.41) is 15.9. The number of halogens is 1. The first kappa shape index (κ1) is 23.3. The van der Waals surface area contributed by atoms with Gasteiger partial charge in [0.05, 0.1) is 19.2 Å². The number of phenols is 1. The Labute approximate surface area is 200 Å². The number of hydrogen-bond donors (Lipinski definition) is 3. The van der Waals surface area contributed by atoms with Crippen molar-refractivity contribution in [2.75, 3.05) is 24.9 Å². The first-order valence-electron chi connectivity index (χ1n) is 10.3. The zero-order valence-electron chi connectivity index (χ0n) is 18.9. The molecule has 0 fully saturated rings. The molecule has 0 spiro atoms. The topological polar surface area (TPSA) is 119 Å². The van der Waals surface area contributed by atoms with Crippen LogP contribution >= 0.6 is 11.6 Å². The van der Waals surface area contributed by atoms with E-state index in [4.69, 9.17) is 30.2 Å². The van der Waals surface area contributed by atoms with Crippen molar-refractivity contribution in [2.45, 2.75) is 25.7 Å². The van der Waals surface area contributed by atoms with E-state index >= 15 is 0 Å². The van der Waals surface area contributed by atoms with Gasteiger partial charge in [0.2, 0.25) is 5.91 Å². The van der Waals surface area contributed by atoms with Crippen LogP contribution in [0.4, 0.5) is 11.4 Å². The van der Waals surface area contributed by atoms with Crippen LogP contribution in [-0.4, -0.2) is 31.1 Å². The summed E-state index contributed by atoms with van der Waals surface area (Å²) >= 11 is 6.35. The second-order valence-electron chi connectivity index (χ2n) is 8.34. The molecule has 0 aliphatic carbocycles. The highest BCUT2D eigenvalue weighted by Gasteiger charge is 2.33. The van der Waals surface area contributed by atoms with Gasteiger partial charge in [0.1, 0.15) is 28.7 Å². The average molecular weight is 487 g/mol. The van der Waals surface area contributed by atoms with Crippen LogP contribution in [-0.2, 0) is 10.2 Å². The Balaban J connectivity index is 1.55. The first-order chi connectivity index (χ1) is 16.1. The van der Waals surface area contributed by atoms with E-state index in [2.05, 4.69) is 10.6 Å². The average Bonchev–Trinajstić information content (AvgIpc) is 3.24. The number of benzene rings is 2. The molecule has 10 heteroatoms. The number of aromatic hydroxyl groups is 1. The van der Waals surface area contributed by atoms with Gasteiger partial charge in [0, 0.05) is 35.7 Å². The summed E-state index contributed by atoms with van der Waals surface area (Å²) < 4.78 is 21.6. The van der Waals surface area contributed by atoms with Crippen molar-refractivity contribution in [3.63, 3.8) is 0 Å². The first-order valence-corrected chi connectivity index (χ1v) is 10.7. The lowest BCUT2D eigenvalue weighted by molar-refractivity contribution is -0.117. The molecule has 0 saturated heterocycles. The van der Waals surface area contributed by atoms with Crippen molar-refractivity contribution in [1.29, 1.82) is 0 Å². The van der Waals surface area contributed by atoms with Crippen LogP contribution in [0, 0.1) is 0 Å². The Morgan fingerprint density at radius 1 is 1.15 bits per heavy atom. The monoisotopic (exact) mass is 486 g/mol. The third-order valence-corrected chi connectivity index (χ3v) is 5.74. The predicted molar refractivity (Wildman–Crippen MR) is 126 cm³/mol. The number of ether oxygens (including phenoxy) is 3. The third-order valence-electron chi connectivity index (χ3n) is 5.44. The standard InChI is InChI=1S/C24H23ClN2O7/c1-24(2)11-20(29)26-15-10-14(25)18(9-13(15)24)34-21-6-5-17(33-21)23(30)27-22-16(28)7-12(31-3)8-19(22)32-4/h5-10,28H,11H2,1-4H3,(H,26,29)(H,27,30). The van der Waals surface area contributed by atoms with Crippen LogP contribution in [0.25, 0.3) is 0 Å². The molecule has 0 bridgehead atoms. The second-order valence-corrected chi connectivity index (χ2v) is 8.74. The summed E-state index contributed by atoms with van der Waals surface area (Å²) in [6.45, 7) is 3.92.